The number of hydrogen-bond donors (Lipinski definition) is 0. The van der Waals surface area contributed by atoms with Gasteiger partial charge in [0, 0.05) is 0 Å². The van der Waals surface area contributed by atoms with Gasteiger partial charge in [-0.05, 0) is 0 Å². The Morgan fingerprint density at radius 2 is 2.50 bits per heavy atom. The van der Waals surface area contributed by atoms with Crippen LogP contribution in [0.1, 0.15) is 0 Å². The molecule has 0 radical (unpaired) electrons. The summed E-state index contributed by atoms with van der Waals surface area (Å²) in [5, 5.41) is 5.83. The fourth-order valence-corrected chi connectivity index (χ4v) is 1.99. The van der Waals surface area contributed by atoms with Crippen LogP contribution < -0.4 is 0 Å². The SMILES string of the molecule is [InH2][C]1=CC=CSN=N1. The summed E-state index contributed by atoms with van der Waals surface area (Å²) < 4.78 is 4.95. The average Bonchev–Trinajstić information content (AvgIpc) is 1.94. The van der Waals surface area contributed by atoms with Crippen LogP contribution in [0.2, 0.25) is 0 Å². The molecular weight excluding hydrogens is 223 g/mol. The Hall–Kier alpha value is 0.300. The minimum absolute atomic E-state index is 0.508. The van der Waals surface area contributed by atoms with Crippen molar-refractivity contribution in [2.75, 3.05) is 0 Å². The van der Waals surface area contributed by atoms with E-state index in [-0.39, 0.29) is 0 Å². The predicted molar refractivity (Wildman–Crippen MR) is 38.2 cm³/mol. The molecule has 0 spiro atoms. The molecule has 0 atom stereocenters. The van der Waals surface area contributed by atoms with Crippen molar-refractivity contribution >= 4 is 36.3 Å². The van der Waals surface area contributed by atoms with E-state index in [1.54, 1.807) is 0 Å². The molecule has 1 aliphatic rings. The zero-order valence-electron chi connectivity index (χ0n) is 4.53. The number of nitrogens with zero attached hydrogens (tertiary/aromatic N) is 2. The summed E-state index contributed by atoms with van der Waals surface area (Å²) in [4.78, 5) is 0. The summed E-state index contributed by atoms with van der Waals surface area (Å²) in [6.07, 6.45) is 4.00. The van der Waals surface area contributed by atoms with E-state index < -0.39 is 0 Å². The Balaban J connectivity index is 2.73. The van der Waals surface area contributed by atoms with Crippen molar-refractivity contribution in [2.45, 2.75) is 0 Å². The summed E-state index contributed by atoms with van der Waals surface area (Å²) in [5.74, 6) is 0. The molecule has 0 fully saturated rings. The van der Waals surface area contributed by atoms with Crippen LogP contribution in [0.25, 0.3) is 0 Å². The van der Waals surface area contributed by atoms with Crippen LogP contribution in [-0.4, -0.2) is 24.4 Å². The number of rotatable bonds is 0. The zero-order valence-corrected chi connectivity index (χ0v) is 11.1. The maximum atomic E-state index is 3.90. The zero-order chi connectivity index (χ0) is 5.82. The molecule has 0 unspecified atom stereocenters. The third-order valence-corrected chi connectivity index (χ3v) is 2.70. The first-order valence-corrected chi connectivity index (χ1v) is 5.99. The Morgan fingerprint density at radius 3 is 3.38 bits per heavy atom. The molecule has 0 aromatic carbocycles. The van der Waals surface area contributed by atoms with E-state index in [0.29, 0.717) is 24.4 Å². The van der Waals surface area contributed by atoms with Crippen LogP contribution in [0.3, 0.4) is 0 Å². The van der Waals surface area contributed by atoms with Crippen LogP contribution >= 0.6 is 11.9 Å². The second kappa shape index (κ2) is 3.35. The van der Waals surface area contributed by atoms with Crippen molar-refractivity contribution in [3.8, 4) is 0 Å². The van der Waals surface area contributed by atoms with E-state index in [4.69, 9.17) is 0 Å². The molecule has 1 aliphatic heterocycles. The Labute approximate surface area is 66.8 Å². The van der Waals surface area contributed by atoms with Crippen LogP contribution in [0.15, 0.2) is 30.6 Å². The van der Waals surface area contributed by atoms with Gasteiger partial charge in [0.15, 0.2) is 0 Å². The van der Waals surface area contributed by atoms with E-state index in [1.165, 1.54) is 11.9 Å². The van der Waals surface area contributed by atoms with Gasteiger partial charge < -0.3 is 0 Å². The van der Waals surface area contributed by atoms with Crippen molar-refractivity contribution < 1.29 is 0 Å². The van der Waals surface area contributed by atoms with Gasteiger partial charge in [-0.1, -0.05) is 0 Å². The fraction of sp³-hybridized carbons (Fsp3) is 0. The van der Waals surface area contributed by atoms with E-state index in [9.17, 15) is 0 Å². The topological polar surface area (TPSA) is 24.7 Å². The molecule has 0 aliphatic carbocycles. The van der Waals surface area contributed by atoms with Gasteiger partial charge in [0.05, 0.1) is 0 Å². The summed E-state index contributed by atoms with van der Waals surface area (Å²) in [5.41, 5.74) is 0. The van der Waals surface area contributed by atoms with Crippen LogP contribution in [0.4, 0.5) is 0 Å². The van der Waals surface area contributed by atoms with Gasteiger partial charge >= 0.3 is 67.0 Å². The minimum atomic E-state index is 0.508. The van der Waals surface area contributed by atoms with Gasteiger partial charge in [0.2, 0.25) is 0 Å². The average molecular weight is 228 g/mol. The van der Waals surface area contributed by atoms with Gasteiger partial charge in [-0.2, -0.15) is 0 Å². The second-order valence-electron chi connectivity index (χ2n) is 1.42. The Morgan fingerprint density at radius 1 is 1.62 bits per heavy atom. The van der Waals surface area contributed by atoms with Gasteiger partial charge in [-0.15, -0.1) is 0 Å². The molecule has 40 valence electrons. The first-order chi connectivity index (χ1) is 3.89. The molecule has 4 heteroatoms. The first-order valence-electron chi connectivity index (χ1n) is 2.30. The predicted octanol–water partition coefficient (Wildman–Crippen LogP) is 1.09. The normalized spacial score (nSPS) is 17.8. The number of allylic oxidation sites excluding steroid dienone is 2. The van der Waals surface area contributed by atoms with Gasteiger partial charge in [-0.3, -0.25) is 0 Å². The van der Waals surface area contributed by atoms with E-state index in [1.807, 2.05) is 17.6 Å². The Bertz CT molecular complexity index is 161. The third-order valence-electron chi connectivity index (χ3n) is 0.723. The summed E-state index contributed by atoms with van der Waals surface area (Å²) in [6, 6.07) is 0. The molecule has 0 aromatic heterocycles. The summed E-state index contributed by atoms with van der Waals surface area (Å²) >= 11 is 1.89. The van der Waals surface area contributed by atoms with E-state index in [0.717, 1.165) is 3.45 Å². The molecule has 1 rings (SSSR count). The van der Waals surface area contributed by atoms with Crippen LogP contribution in [-0.2, 0) is 0 Å². The molecule has 1 heterocycles. The molecule has 0 amide bonds. The molecule has 2 nitrogen and oxygen atoms in total. The van der Waals surface area contributed by atoms with Crippen molar-refractivity contribution in [1.82, 2.24) is 0 Å². The first kappa shape index (κ1) is 6.42. The maximum absolute atomic E-state index is 3.90. The monoisotopic (exact) mass is 228 g/mol. The molecule has 0 saturated carbocycles. The standard InChI is InChI=1S/C4H3N2S.In.2H/c1-2-4-7-6-5-3-1;;;/h1-2,4H;;;. The van der Waals surface area contributed by atoms with Crippen molar-refractivity contribution in [2.24, 2.45) is 9.63 Å². The van der Waals surface area contributed by atoms with E-state index in [2.05, 4.69) is 9.63 Å². The Kier molecular flexibility index (Phi) is 2.69. The number of hydrogen-bond acceptors (Lipinski definition) is 3. The molecule has 0 saturated heterocycles. The van der Waals surface area contributed by atoms with Crippen molar-refractivity contribution in [3.05, 3.63) is 21.0 Å². The van der Waals surface area contributed by atoms with Gasteiger partial charge in [0.1, 0.15) is 0 Å². The second-order valence-corrected chi connectivity index (χ2v) is 4.99. The molecule has 0 aromatic rings. The summed E-state index contributed by atoms with van der Waals surface area (Å²) in [7, 11) is 0. The summed E-state index contributed by atoms with van der Waals surface area (Å²) in [6.45, 7) is 0. The van der Waals surface area contributed by atoms with Gasteiger partial charge in [-0.25, -0.2) is 0 Å². The van der Waals surface area contributed by atoms with E-state index >= 15 is 0 Å². The van der Waals surface area contributed by atoms with Crippen LogP contribution in [0.5, 0.6) is 0 Å². The van der Waals surface area contributed by atoms with Crippen molar-refractivity contribution in [1.29, 1.82) is 0 Å². The molecule has 8 heavy (non-hydrogen) atoms. The van der Waals surface area contributed by atoms with Gasteiger partial charge in [0.25, 0.3) is 0 Å². The molecular formula is C4H5InN2S. The fourth-order valence-electron chi connectivity index (χ4n) is 0.362. The van der Waals surface area contributed by atoms with Crippen molar-refractivity contribution in [3.63, 3.8) is 0 Å². The quantitative estimate of drug-likeness (QED) is 0.569. The molecule has 0 bridgehead atoms. The molecule has 0 N–H and O–H groups in total. The van der Waals surface area contributed by atoms with Crippen LogP contribution in [0, 0.1) is 0 Å². The third kappa shape index (κ3) is 2.05.